The Morgan fingerprint density at radius 1 is 0.771 bits per heavy atom. The van der Waals surface area contributed by atoms with Crippen LogP contribution in [0.15, 0.2) is 30.3 Å². The number of fused-ring (bicyclic) bond motifs is 1. The van der Waals surface area contributed by atoms with E-state index in [1.165, 1.54) is 38.5 Å². The zero-order chi connectivity index (χ0) is 24.7. The zero-order valence-electron chi connectivity index (χ0n) is 21.4. The normalized spacial score (nSPS) is 28.7. The molecule has 3 rings (SSSR count). The van der Waals surface area contributed by atoms with Crippen molar-refractivity contribution in [2.24, 2.45) is 11.5 Å². The van der Waals surface area contributed by atoms with Crippen LogP contribution in [-0.4, -0.2) is 70.2 Å². The molecule has 200 valence electrons. The quantitative estimate of drug-likeness (QED) is 0.316. The number of nitrogens with two attached hydrogens (primary N) is 2. The van der Waals surface area contributed by atoms with E-state index in [0.717, 1.165) is 18.4 Å². The van der Waals surface area contributed by atoms with Gasteiger partial charge in [0.05, 0.1) is 19.8 Å². The van der Waals surface area contributed by atoms with E-state index in [2.05, 4.69) is 6.92 Å². The highest BCUT2D eigenvalue weighted by molar-refractivity contribution is 5.16. The summed E-state index contributed by atoms with van der Waals surface area (Å²) in [6.45, 7) is 4.81. The van der Waals surface area contributed by atoms with Gasteiger partial charge in [0.25, 0.3) is 0 Å². The lowest BCUT2D eigenvalue weighted by molar-refractivity contribution is -0.370. The molecule has 0 bridgehead atoms. The third-order valence-electron chi connectivity index (χ3n) is 6.49. The average Bonchev–Trinajstić information content (AvgIpc) is 2.90. The van der Waals surface area contributed by atoms with Crippen LogP contribution in [0.4, 0.5) is 0 Å². The molecule has 0 aliphatic carbocycles. The fraction of sp³-hybridized carbons (Fsp3) is 0.778. The Kier molecular flexibility index (Phi) is 13.5. The first-order valence-corrected chi connectivity index (χ1v) is 13.5. The topological polar surface area (TPSA) is 107 Å². The third-order valence-corrected chi connectivity index (χ3v) is 6.49. The van der Waals surface area contributed by atoms with Crippen molar-refractivity contribution in [1.82, 2.24) is 0 Å². The number of benzene rings is 1. The van der Waals surface area contributed by atoms with Gasteiger partial charge in [-0.05, 0) is 6.42 Å². The number of rotatable bonds is 17. The highest BCUT2D eigenvalue weighted by Gasteiger charge is 2.51. The second-order valence-corrected chi connectivity index (χ2v) is 9.31. The van der Waals surface area contributed by atoms with Crippen LogP contribution in [-0.2, 0) is 28.4 Å². The second kappa shape index (κ2) is 16.6. The molecule has 8 heteroatoms. The molecule has 0 aromatic heterocycles. The van der Waals surface area contributed by atoms with Crippen molar-refractivity contribution >= 4 is 0 Å². The SMILES string of the molecule is CCCCCCCCCCO[C@@H]1O[C@@H]2COC(c3ccccc3)O[C@H]2[C@H](OCCN)[C@H]1OCCN. The van der Waals surface area contributed by atoms with Crippen molar-refractivity contribution in [3.8, 4) is 0 Å². The van der Waals surface area contributed by atoms with Gasteiger partial charge in [-0.2, -0.15) is 0 Å². The summed E-state index contributed by atoms with van der Waals surface area (Å²) in [6.07, 6.45) is 7.33. The molecule has 2 saturated heterocycles. The molecule has 2 aliphatic rings. The molecule has 0 spiro atoms. The van der Waals surface area contributed by atoms with Gasteiger partial charge in [-0.15, -0.1) is 0 Å². The van der Waals surface area contributed by atoms with Crippen molar-refractivity contribution in [1.29, 1.82) is 0 Å². The summed E-state index contributed by atoms with van der Waals surface area (Å²) in [6, 6.07) is 9.88. The number of hydrogen-bond donors (Lipinski definition) is 2. The molecule has 2 heterocycles. The summed E-state index contributed by atoms with van der Waals surface area (Å²) >= 11 is 0. The predicted octanol–water partition coefficient (Wildman–Crippen LogP) is 3.67. The summed E-state index contributed by atoms with van der Waals surface area (Å²) in [4.78, 5) is 0. The van der Waals surface area contributed by atoms with Gasteiger partial charge in [-0.3, -0.25) is 0 Å². The highest BCUT2D eigenvalue weighted by atomic mass is 16.8. The average molecular weight is 495 g/mol. The second-order valence-electron chi connectivity index (χ2n) is 9.31. The Bertz CT molecular complexity index is 666. The van der Waals surface area contributed by atoms with E-state index in [1.54, 1.807) is 0 Å². The van der Waals surface area contributed by atoms with Gasteiger partial charge in [0.1, 0.15) is 24.4 Å². The van der Waals surface area contributed by atoms with Crippen LogP contribution in [0.3, 0.4) is 0 Å². The first-order chi connectivity index (χ1) is 17.3. The molecule has 6 atom stereocenters. The van der Waals surface area contributed by atoms with E-state index in [-0.39, 0.29) is 12.2 Å². The maximum atomic E-state index is 6.36. The minimum Gasteiger partial charge on any atom is -0.371 e. The molecular weight excluding hydrogens is 448 g/mol. The molecular formula is C27H46N2O6. The molecule has 0 amide bonds. The van der Waals surface area contributed by atoms with Crippen molar-refractivity contribution < 1.29 is 28.4 Å². The first-order valence-electron chi connectivity index (χ1n) is 13.5. The van der Waals surface area contributed by atoms with Crippen LogP contribution < -0.4 is 11.5 Å². The third kappa shape index (κ3) is 9.05. The summed E-state index contributed by atoms with van der Waals surface area (Å²) in [5, 5.41) is 0. The molecule has 1 aromatic carbocycles. The van der Waals surface area contributed by atoms with Gasteiger partial charge < -0.3 is 39.9 Å². The number of hydrogen-bond acceptors (Lipinski definition) is 8. The van der Waals surface area contributed by atoms with Gasteiger partial charge >= 0.3 is 0 Å². The standard InChI is InChI=1S/C27H46N2O6/c1-2-3-4-5-6-7-8-12-17-32-27-25(31-19-16-29)24(30-18-15-28)23-22(34-27)20-33-26(35-23)21-13-10-9-11-14-21/h9-11,13-14,22-27H,2-8,12,15-20,28-29H2,1H3/t22-,23-,24+,25-,26?,27-/m1/s1. The van der Waals surface area contributed by atoms with Crippen molar-refractivity contribution in [2.75, 3.05) is 39.5 Å². The van der Waals surface area contributed by atoms with Crippen molar-refractivity contribution in [2.45, 2.75) is 95.3 Å². The Hall–Kier alpha value is -1.10. The largest absolute Gasteiger partial charge is 0.371 e. The van der Waals surface area contributed by atoms with Crippen LogP contribution >= 0.6 is 0 Å². The minimum atomic E-state index is -0.574. The van der Waals surface area contributed by atoms with E-state index in [1.807, 2.05) is 30.3 Å². The lowest BCUT2D eigenvalue weighted by Gasteiger charge is -2.49. The van der Waals surface area contributed by atoms with Gasteiger partial charge in [-0.25, -0.2) is 0 Å². The van der Waals surface area contributed by atoms with E-state index in [0.29, 0.717) is 39.5 Å². The fourth-order valence-corrected chi connectivity index (χ4v) is 4.67. The fourth-order valence-electron chi connectivity index (χ4n) is 4.67. The van der Waals surface area contributed by atoms with Gasteiger partial charge in [0, 0.05) is 25.3 Å². The summed E-state index contributed by atoms with van der Waals surface area (Å²) < 4.78 is 37.2. The predicted molar refractivity (Wildman–Crippen MR) is 135 cm³/mol. The molecule has 0 radical (unpaired) electrons. The molecule has 0 saturated carbocycles. The maximum Gasteiger partial charge on any atom is 0.186 e. The summed E-state index contributed by atoms with van der Waals surface area (Å²) in [5.74, 6) is 0. The van der Waals surface area contributed by atoms with E-state index >= 15 is 0 Å². The van der Waals surface area contributed by atoms with Crippen LogP contribution in [0, 0.1) is 0 Å². The molecule has 4 N–H and O–H groups in total. The molecule has 8 nitrogen and oxygen atoms in total. The van der Waals surface area contributed by atoms with Crippen LogP contribution in [0.5, 0.6) is 0 Å². The van der Waals surface area contributed by atoms with Gasteiger partial charge in [0.15, 0.2) is 12.6 Å². The van der Waals surface area contributed by atoms with Crippen molar-refractivity contribution in [3.63, 3.8) is 0 Å². The van der Waals surface area contributed by atoms with E-state index in [4.69, 9.17) is 39.9 Å². The van der Waals surface area contributed by atoms with Crippen LogP contribution in [0.2, 0.25) is 0 Å². The van der Waals surface area contributed by atoms with Crippen molar-refractivity contribution in [3.05, 3.63) is 35.9 Å². The lowest BCUT2D eigenvalue weighted by Crippen LogP contribution is -2.64. The summed E-state index contributed by atoms with van der Waals surface area (Å²) in [5.41, 5.74) is 12.5. The highest BCUT2D eigenvalue weighted by Crippen LogP contribution is 2.36. The molecule has 1 unspecified atom stereocenters. The van der Waals surface area contributed by atoms with E-state index in [9.17, 15) is 0 Å². The Labute approximate surface area is 210 Å². The van der Waals surface area contributed by atoms with Crippen LogP contribution in [0.1, 0.15) is 70.1 Å². The maximum absolute atomic E-state index is 6.36. The van der Waals surface area contributed by atoms with Crippen LogP contribution in [0.25, 0.3) is 0 Å². The monoisotopic (exact) mass is 494 g/mol. The summed E-state index contributed by atoms with van der Waals surface area (Å²) in [7, 11) is 0. The van der Waals surface area contributed by atoms with Gasteiger partial charge in [-0.1, -0.05) is 82.2 Å². The Morgan fingerprint density at radius 2 is 1.43 bits per heavy atom. The lowest BCUT2D eigenvalue weighted by atomic mass is 9.97. The molecule has 35 heavy (non-hydrogen) atoms. The molecule has 1 aromatic rings. The van der Waals surface area contributed by atoms with Gasteiger partial charge in [0.2, 0.25) is 0 Å². The Balaban J connectivity index is 1.58. The number of ether oxygens (including phenoxy) is 6. The van der Waals surface area contributed by atoms with E-state index < -0.39 is 24.8 Å². The smallest absolute Gasteiger partial charge is 0.186 e. The molecule has 2 fully saturated rings. The minimum absolute atomic E-state index is 0.320. The Morgan fingerprint density at radius 3 is 2.11 bits per heavy atom. The zero-order valence-corrected chi connectivity index (χ0v) is 21.4. The molecule has 2 aliphatic heterocycles. The first kappa shape index (κ1) is 28.5. The number of unbranched alkanes of at least 4 members (excludes halogenated alkanes) is 7.